The van der Waals surface area contributed by atoms with Crippen LogP contribution in [0.2, 0.25) is 0 Å². The topological polar surface area (TPSA) is 62.8 Å². The highest BCUT2D eigenvalue weighted by Gasteiger charge is 2.08. The second-order valence-corrected chi connectivity index (χ2v) is 3.47. The van der Waals surface area contributed by atoms with Gasteiger partial charge in [-0.15, -0.1) is 0 Å². The number of hydrogen-bond donors (Lipinski definition) is 2. The van der Waals surface area contributed by atoms with Crippen LogP contribution < -0.4 is 5.32 Å². The van der Waals surface area contributed by atoms with Crippen LogP contribution in [0.5, 0.6) is 0 Å². The number of pyridine rings is 1. The molecule has 1 unspecified atom stereocenters. The maximum atomic E-state index is 5.05. The van der Waals surface area contributed by atoms with Gasteiger partial charge in [0.1, 0.15) is 0 Å². The minimum absolute atomic E-state index is 0.224. The highest BCUT2D eigenvalue weighted by molar-refractivity contribution is 5.86. The summed E-state index contributed by atoms with van der Waals surface area (Å²) in [6, 6.07) is 4.10. The maximum absolute atomic E-state index is 5.05. The van der Waals surface area contributed by atoms with Gasteiger partial charge in [0.25, 0.3) is 0 Å². The average molecular weight is 206 g/mol. The average Bonchev–Trinajstić information content (AvgIpc) is 2.62. The smallest absolute Gasteiger partial charge is 0.157 e. The minimum atomic E-state index is 0.224. The molecule has 0 aromatic carbocycles. The number of nitrogens with one attached hydrogen (secondary N) is 2. The predicted octanol–water partition coefficient (Wildman–Crippen LogP) is 1.40. The van der Waals surface area contributed by atoms with E-state index >= 15 is 0 Å². The van der Waals surface area contributed by atoms with Gasteiger partial charge in [-0.05, 0) is 19.1 Å². The first-order valence-corrected chi connectivity index (χ1v) is 4.86. The third kappa shape index (κ3) is 2.07. The van der Waals surface area contributed by atoms with Gasteiger partial charge in [-0.1, -0.05) is 0 Å². The Balaban J connectivity index is 2.21. The molecule has 0 radical (unpaired) electrons. The summed E-state index contributed by atoms with van der Waals surface area (Å²) in [5, 5.41) is 11.3. The van der Waals surface area contributed by atoms with Crippen LogP contribution in [0.15, 0.2) is 18.3 Å². The van der Waals surface area contributed by atoms with Crippen molar-refractivity contribution in [2.24, 2.45) is 0 Å². The van der Waals surface area contributed by atoms with Crippen molar-refractivity contribution in [3.63, 3.8) is 0 Å². The number of hydrogen-bond acceptors (Lipinski definition) is 4. The Bertz CT molecular complexity index is 440. The molecule has 5 nitrogen and oxygen atoms in total. The van der Waals surface area contributed by atoms with Gasteiger partial charge in [-0.25, -0.2) is 4.98 Å². The molecule has 5 heteroatoms. The van der Waals surface area contributed by atoms with Crippen LogP contribution in [0.4, 0.5) is 5.82 Å². The Hall–Kier alpha value is -1.62. The molecule has 2 aromatic heterocycles. The number of anilines is 1. The van der Waals surface area contributed by atoms with Gasteiger partial charge in [0, 0.05) is 19.3 Å². The summed E-state index contributed by atoms with van der Waals surface area (Å²) < 4.78 is 5.05. The van der Waals surface area contributed by atoms with Crippen molar-refractivity contribution < 1.29 is 4.74 Å². The number of aromatic nitrogens is 3. The van der Waals surface area contributed by atoms with Gasteiger partial charge in [-0.3, -0.25) is 5.10 Å². The summed E-state index contributed by atoms with van der Waals surface area (Å²) >= 11 is 0. The molecule has 0 aliphatic heterocycles. The van der Waals surface area contributed by atoms with Gasteiger partial charge in [0.05, 0.1) is 12.0 Å². The second kappa shape index (κ2) is 4.27. The monoisotopic (exact) mass is 206 g/mol. The lowest BCUT2D eigenvalue weighted by molar-refractivity contribution is 0.190. The molecule has 0 fully saturated rings. The predicted molar refractivity (Wildman–Crippen MR) is 58.8 cm³/mol. The molecule has 0 aliphatic rings. The van der Waals surface area contributed by atoms with E-state index in [0.29, 0.717) is 6.61 Å². The molecule has 80 valence electrons. The Labute approximate surface area is 87.9 Å². The van der Waals surface area contributed by atoms with Crippen LogP contribution in [-0.4, -0.2) is 34.9 Å². The number of rotatable bonds is 4. The summed E-state index contributed by atoms with van der Waals surface area (Å²) in [6.07, 6.45) is 1.74. The van der Waals surface area contributed by atoms with E-state index in [1.807, 2.05) is 19.1 Å². The van der Waals surface area contributed by atoms with Crippen molar-refractivity contribution >= 4 is 16.9 Å². The zero-order valence-electron chi connectivity index (χ0n) is 8.82. The zero-order chi connectivity index (χ0) is 10.7. The van der Waals surface area contributed by atoms with E-state index in [9.17, 15) is 0 Å². The van der Waals surface area contributed by atoms with E-state index in [1.54, 1.807) is 13.3 Å². The molecule has 2 aromatic rings. The summed E-state index contributed by atoms with van der Waals surface area (Å²) in [4.78, 5) is 4.17. The van der Waals surface area contributed by atoms with E-state index < -0.39 is 0 Å². The third-order valence-corrected chi connectivity index (χ3v) is 2.14. The molecule has 0 amide bonds. The molecular formula is C10H14N4O. The Morgan fingerprint density at radius 1 is 1.60 bits per heavy atom. The van der Waals surface area contributed by atoms with Crippen LogP contribution in [0.3, 0.4) is 0 Å². The van der Waals surface area contributed by atoms with Crippen molar-refractivity contribution in [2.45, 2.75) is 13.0 Å². The first-order valence-electron chi connectivity index (χ1n) is 4.86. The highest BCUT2D eigenvalue weighted by atomic mass is 16.5. The molecule has 0 bridgehead atoms. The van der Waals surface area contributed by atoms with E-state index in [-0.39, 0.29) is 6.04 Å². The van der Waals surface area contributed by atoms with Gasteiger partial charge in [0.15, 0.2) is 11.5 Å². The first-order chi connectivity index (χ1) is 7.31. The first kappa shape index (κ1) is 9.92. The largest absolute Gasteiger partial charge is 0.383 e. The number of aromatic amines is 1. The van der Waals surface area contributed by atoms with Crippen molar-refractivity contribution in [3.8, 4) is 0 Å². The van der Waals surface area contributed by atoms with Crippen molar-refractivity contribution in [1.29, 1.82) is 0 Å². The van der Waals surface area contributed by atoms with Crippen molar-refractivity contribution in [3.05, 3.63) is 18.3 Å². The molecule has 2 rings (SSSR count). The Morgan fingerprint density at radius 2 is 2.47 bits per heavy atom. The zero-order valence-corrected chi connectivity index (χ0v) is 8.82. The number of methoxy groups -OCH3 is 1. The third-order valence-electron chi connectivity index (χ3n) is 2.14. The molecule has 2 N–H and O–H groups in total. The second-order valence-electron chi connectivity index (χ2n) is 3.47. The molecule has 15 heavy (non-hydrogen) atoms. The lowest BCUT2D eigenvalue weighted by Gasteiger charge is -2.11. The standard InChI is InChI=1S/C10H14N4O/c1-7(6-15-2)12-10-8-4-3-5-11-9(8)13-14-10/h3-5,7H,6H2,1-2H3,(H2,11,12,13,14). The summed E-state index contributed by atoms with van der Waals surface area (Å²) in [7, 11) is 1.68. The fourth-order valence-electron chi connectivity index (χ4n) is 1.49. The number of ether oxygens (including phenoxy) is 1. The van der Waals surface area contributed by atoms with Gasteiger partial charge < -0.3 is 10.1 Å². The van der Waals surface area contributed by atoms with Gasteiger partial charge >= 0.3 is 0 Å². The molecular weight excluding hydrogens is 192 g/mol. The minimum Gasteiger partial charge on any atom is -0.383 e. The molecule has 0 spiro atoms. The molecule has 2 heterocycles. The van der Waals surface area contributed by atoms with E-state index in [2.05, 4.69) is 20.5 Å². The van der Waals surface area contributed by atoms with Gasteiger partial charge in [0.2, 0.25) is 0 Å². The van der Waals surface area contributed by atoms with Crippen LogP contribution in [-0.2, 0) is 4.74 Å². The highest BCUT2D eigenvalue weighted by Crippen LogP contribution is 2.18. The molecule has 0 aliphatic carbocycles. The van der Waals surface area contributed by atoms with Crippen LogP contribution in [0, 0.1) is 0 Å². The lowest BCUT2D eigenvalue weighted by Crippen LogP contribution is -2.21. The fraction of sp³-hybridized carbons (Fsp3) is 0.400. The number of nitrogens with zero attached hydrogens (tertiary/aromatic N) is 2. The summed E-state index contributed by atoms with van der Waals surface area (Å²) in [5.74, 6) is 0.822. The quantitative estimate of drug-likeness (QED) is 0.793. The fourth-order valence-corrected chi connectivity index (χ4v) is 1.49. The Kier molecular flexibility index (Phi) is 2.82. The van der Waals surface area contributed by atoms with Crippen LogP contribution >= 0.6 is 0 Å². The Morgan fingerprint density at radius 3 is 3.27 bits per heavy atom. The summed E-state index contributed by atoms with van der Waals surface area (Å²) in [6.45, 7) is 2.69. The summed E-state index contributed by atoms with van der Waals surface area (Å²) in [5.41, 5.74) is 0.796. The maximum Gasteiger partial charge on any atom is 0.157 e. The van der Waals surface area contributed by atoms with Gasteiger partial charge in [-0.2, -0.15) is 5.10 Å². The van der Waals surface area contributed by atoms with Crippen LogP contribution in [0.1, 0.15) is 6.92 Å². The van der Waals surface area contributed by atoms with Crippen molar-refractivity contribution in [1.82, 2.24) is 15.2 Å². The lowest BCUT2D eigenvalue weighted by atomic mass is 10.3. The number of H-pyrrole nitrogens is 1. The van der Waals surface area contributed by atoms with E-state index in [1.165, 1.54) is 0 Å². The molecule has 0 saturated heterocycles. The molecule has 1 atom stereocenters. The number of fused-ring (bicyclic) bond motifs is 1. The van der Waals surface area contributed by atoms with E-state index in [4.69, 9.17) is 4.74 Å². The van der Waals surface area contributed by atoms with Crippen LogP contribution in [0.25, 0.3) is 11.0 Å². The normalized spacial score (nSPS) is 12.9. The van der Waals surface area contributed by atoms with E-state index in [0.717, 1.165) is 16.9 Å². The van der Waals surface area contributed by atoms with Crippen molar-refractivity contribution in [2.75, 3.05) is 19.0 Å². The molecule has 0 saturated carbocycles. The SMILES string of the molecule is COCC(C)Nc1n[nH]c2ncccc12.